The molecule has 0 aromatic heterocycles. The van der Waals surface area contributed by atoms with Crippen LogP contribution in [0.25, 0.3) is 6.08 Å². The molecule has 0 aliphatic heterocycles. The molecule has 1 unspecified atom stereocenters. The number of rotatable bonds is 11. The molecule has 0 bridgehead atoms. The van der Waals surface area contributed by atoms with Crippen LogP contribution in [0.15, 0.2) is 36.4 Å². The zero-order valence-electron chi connectivity index (χ0n) is 21.3. The van der Waals surface area contributed by atoms with E-state index in [0.717, 1.165) is 37.3 Å². The number of esters is 3. The molecular weight excluding hydrogens is 548 g/mol. The predicted molar refractivity (Wildman–Crippen MR) is 121 cm³/mol. The number of carbonyl (C=O) groups excluding carboxylic acids is 3. The summed E-state index contributed by atoms with van der Waals surface area (Å²) in [5, 5.41) is 0. The molecule has 1 aromatic rings. The lowest BCUT2D eigenvalue weighted by Crippen LogP contribution is -2.66. The molecule has 1 rings (SSSR count). The quantitative estimate of drug-likeness (QED) is 0.138. The molecule has 0 spiro atoms. The lowest BCUT2D eigenvalue weighted by molar-refractivity contribution is -0.360. The summed E-state index contributed by atoms with van der Waals surface area (Å²) in [6, 6.07) is 2.68. The average molecular weight is 574 g/mol. The van der Waals surface area contributed by atoms with E-state index in [2.05, 4.69) is 16.1 Å². The highest BCUT2D eigenvalue weighted by molar-refractivity contribution is 5.87. The van der Waals surface area contributed by atoms with E-state index in [9.17, 15) is 49.5 Å². The van der Waals surface area contributed by atoms with Gasteiger partial charge in [0.25, 0.3) is 0 Å². The minimum atomic E-state index is -6.48. The van der Waals surface area contributed by atoms with Gasteiger partial charge in [-0.2, -0.15) is 26.3 Å². The summed E-state index contributed by atoms with van der Waals surface area (Å²) in [4.78, 5) is 36.1. The van der Waals surface area contributed by atoms with Gasteiger partial charge in [-0.15, -0.1) is 0 Å². The maximum atomic E-state index is 13.8. The first-order chi connectivity index (χ1) is 17.6. The van der Waals surface area contributed by atoms with Crippen LogP contribution in [-0.2, 0) is 28.6 Å². The lowest BCUT2D eigenvalue weighted by Gasteiger charge is -2.35. The van der Waals surface area contributed by atoms with Gasteiger partial charge in [-0.25, -0.2) is 18.4 Å². The highest BCUT2D eigenvalue weighted by Crippen LogP contribution is 2.47. The first kappa shape index (κ1) is 33.6. The number of carbonyl (C=O) groups is 3. The van der Waals surface area contributed by atoms with Crippen molar-refractivity contribution in [3.05, 3.63) is 53.6 Å². The monoisotopic (exact) mass is 574 g/mol. The molecule has 0 fully saturated rings. The number of hydrogen-bond acceptors (Lipinski definition) is 6. The van der Waals surface area contributed by atoms with E-state index >= 15 is 0 Å². The molecule has 1 atom stereocenters. The van der Waals surface area contributed by atoms with Crippen LogP contribution in [0.3, 0.4) is 0 Å². The Kier molecular flexibility index (Phi) is 10.9. The van der Waals surface area contributed by atoms with Crippen LogP contribution in [-0.4, -0.2) is 49.1 Å². The molecule has 39 heavy (non-hydrogen) atoms. The van der Waals surface area contributed by atoms with E-state index in [1.165, 1.54) is 20.8 Å². The third-order valence-electron chi connectivity index (χ3n) is 5.02. The van der Waals surface area contributed by atoms with Gasteiger partial charge in [0.1, 0.15) is 0 Å². The Hall–Kier alpha value is -3.45. The summed E-state index contributed by atoms with van der Waals surface area (Å²) in [6.07, 6.45) is -11.2. The molecular formula is C25H26F8O6. The maximum absolute atomic E-state index is 13.8. The maximum Gasteiger partial charge on any atom is 0.449 e. The molecule has 0 N–H and O–H groups in total. The normalized spacial score (nSPS) is 13.6. The number of allylic oxidation sites excluding steroid dienone is 1. The summed E-state index contributed by atoms with van der Waals surface area (Å²) in [7, 11) is 0. The van der Waals surface area contributed by atoms with Crippen molar-refractivity contribution < 1.29 is 63.7 Å². The van der Waals surface area contributed by atoms with E-state index in [1.54, 1.807) is 0 Å². The lowest BCUT2D eigenvalue weighted by atomic mass is 9.95. The molecule has 218 valence electrons. The summed E-state index contributed by atoms with van der Waals surface area (Å²) < 4.78 is 122. The molecule has 0 aliphatic carbocycles. The second kappa shape index (κ2) is 12.6. The minimum absolute atomic E-state index is 0.0309. The van der Waals surface area contributed by atoms with Crippen molar-refractivity contribution in [3.8, 4) is 0 Å². The van der Waals surface area contributed by atoms with Crippen molar-refractivity contribution in [2.24, 2.45) is 11.3 Å². The van der Waals surface area contributed by atoms with Crippen LogP contribution in [0.4, 0.5) is 35.1 Å². The molecule has 1 aromatic carbocycles. The third-order valence-corrected chi connectivity index (χ3v) is 5.02. The predicted octanol–water partition coefficient (Wildman–Crippen LogP) is 6.10. The van der Waals surface area contributed by atoms with Crippen molar-refractivity contribution in [2.45, 2.75) is 52.1 Å². The highest BCUT2D eigenvalue weighted by Gasteiger charge is 2.80. The summed E-state index contributed by atoms with van der Waals surface area (Å²) in [5.41, 5.74) is -7.03. The molecule has 0 amide bonds. The number of ether oxygens (including phenoxy) is 3. The second-order valence-electron chi connectivity index (χ2n) is 9.41. The molecule has 0 aliphatic rings. The zero-order chi connectivity index (χ0) is 30.4. The van der Waals surface area contributed by atoms with Crippen LogP contribution in [0.5, 0.6) is 0 Å². The van der Waals surface area contributed by atoms with Crippen LogP contribution in [0, 0.1) is 23.0 Å². The Morgan fingerprint density at radius 2 is 1.49 bits per heavy atom. The number of alkyl halides is 6. The Morgan fingerprint density at radius 1 is 0.949 bits per heavy atom. The van der Waals surface area contributed by atoms with Gasteiger partial charge in [-0.3, -0.25) is 4.79 Å². The fraction of sp³-hybridized carbons (Fsp3) is 0.480. The van der Waals surface area contributed by atoms with E-state index in [4.69, 9.17) is 4.74 Å². The van der Waals surface area contributed by atoms with Crippen molar-refractivity contribution in [2.75, 3.05) is 13.2 Å². The van der Waals surface area contributed by atoms with Crippen LogP contribution in [0.1, 0.15) is 39.7 Å². The average Bonchev–Trinajstić information content (AvgIpc) is 2.79. The molecule has 0 saturated heterocycles. The van der Waals surface area contributed by atoms with Gasteiger partial charge in [0, 0.05) is 11.0 Å². The van der Waals surface area contributed by atoms with E-state index < -0.39 is 78.5 Å². The summed E-state index contributed by atoms with van der Waals surface area (Å²) in [5.74, 6) is -9.87. The van der Waals surface area contributed by atoms with Crippen molar-refractivity contribution in [3.63, 3.8) is 0 Å². The van der Waals surface area contributed by atoms with Gasteiger partial charge in [-0.05, 0) is 31.0 Å². The first-order valence-corrected chi connectivity index (χ1v) is 11.1. The Bertz CT molecular complexity index is 1090. The van der Waals surface area contributed by atoms with Crippen molar-refractivity contribution in [1.82, 2.24) is 0 Å². The van der Waals surface area contributed by atoms with Gasteiger partial charge in [0.15, 0.2) is 11.6 Å². The molecule has 14 heteroatoms. The number of benzene rings is 1. The van der Waals surface area contributed by atoms with Gasteiger partial charge in [0.05, 0.1) is 19.1 Å². The number of halogens is 8. The van der Waals surface area contributed by atoms with E-state index in [-0.39, 0.29) is 11.1 Å². The van der Waals surface area contributed by atoms with E-state index in [1.807, 2.05) is 0 Å². The Balaban J connectivity index is 3.11. The first-order valence-electron chi connectivity index (χ1n) is 11.1. The van der Waals surface area contributed by atoms with Crippen molar-refractivity contribution >= 4 is 24.0 Å². The van der Waals surface area contributed by atoms with Crippen LogP contribution >= 0.6 is 0 Å². The fourth-order valence-electron chi connectivity index (χ4n) is 2.71. The summed E-state index contributed by atoms with van der Waals surface area (Å²) in [6.45, 7) is 6.35. The van der Waals surface area contributed by atoms with Gasteiger partial charge < -0.3 is 14.2 Å². The van der Waals surface area contributed by atoms with Gasteiger partial charge in [0.2, 0.25) is 0 Å². The molecule has 0 radical (unpaired) electrons. The van der Waals surface area contributed by atoms with Gasteiger partial charge >= 0.3 is 35.9 Å². The topological polar surface area (TPSA) is 78.9 Å². The van der Waals surface area contributed by atoms with Crippen LogP contribution < -0.4 is 0 Å². The highest BCUT2D eigenvalue weighted by atomic mass is 19.4. The number of hydrogen-bond donors (Lipinski definition) is 0. The second-order valence-corrected chi connectivity index (χ2v) is 9.41. The molecule has 0 heterocycles. The SMILES string of the molecule is C=C(C)C(=O)OCC(C)(C)COC(=O)C(OC(=O)C(C)C/C=C/c1ccc(F)c(F)c1)(C(F)(F)F)C(F)(F)F. The van der Waals surface area contributed by atoms with Crippen LogP contribution in [0.2, 0.25) is 0 Å². The fourth-order valence-corrected chi connectivity index (χ4v) is 2.71. The minimum Gasteiger partial charge on any atom is -0.462 e. The molecule has 6 nitrogen and oxygen atoms in total. The third kappa shape index (κ3) is 8.79. The Morgan fingerprint density at radius 3 is 1.97 bits per heavy atom. The smallest absolute Gasteiger partial charge is 0.449 e. The largest absolute Gasteiger partial charge is 0.462 e. The molecule has 0 saturated carbocycles. The standard InChI is InChI=1S/C25H26F8O6/c1-14(2)19(34)37-12-22(4,5)13-38-21(36)23(24(28,29)30,25(31,32)33)39-20(35)15(3)7-6-8-16-9-10-17(26)18(27)11-16/h6,8-11,15H,1,7,12-13H2,2-5H3/b8-6+. The summed E-state index contributed by atoms with van der Waals surface area (Å²) >= 11 is 0. The van der Waals surface area contributed by atoms with Gasteiger partial charge in [-0.1, -0.05) is 45.6 Å². The zero-order valence-corrected chi connectivity index (χ0v) is 21.3. The van der Waals surface area contributed by atoms with Crippen molar-refractivity contribution in [1.29, 1.82) is 0 Å². The van der Waals surface area contributed by atoms with E-state index in [0.29, 0.717) is 0 Å². The Labute approximate surface area is 218 Å².